The van der Waals surface area contributed by atoms with Crippen molar-refractivity contribution >= 4 is 23.7 Å². The number of esters is 2. The monoisotopic (exact) mass is 418 g/mol. The molecule has 2 aliphatic heterocycles. The van der Waals surface area contributed by atoms with Crippen LogP contribution >= 0.6 is 0 Å². The van der Waals surface area contributed by atoms with Crippen molar-refractivity contribution in [3.05, 3.63) is 71.8 Å². The lowest BCUT2D eigenvalue weighted by atomic mass is 9.91. The van der Waals surface area contributed by atoms with Crippen LogP contribution in [0.3, 0.4) is 0 Å². The Morgan fingerprint density at radius 1 is 0.710 bits per heavy atom. The minimum absolute atomic E-state index is 0.214. The molecule has 2 heterocycles. The second-order valence-electron chi connectivity index (χ2n) is 9.11. The highest BCUT2D eigenvalue weighted by Crippen LogP contribution is 2.37. The minimum atomic E-state index is -1.04. The molecule has 2 aromatic carbocycles. The normalized spacial score (nSPS) is 25.7. The standard InChI is InChI=1S/C25H26N2O4/c1-23(2,19-26-24(3,21(28)30-19)15-17-11-7-5-8-12-17)20-27-25(4,22(29)31-20)16-18-13-9-6-10-14-18/h5-14H,15-16H2,1-4H3/t24-,25+. The van der Waals surface area contributed by atoms with E-state index in [1.807, 2.05) is 60.7 Å². The Kier molecular flexibility index (Phi) is 5.04. The van der Waals surface area contributed by atoms with Crippen LogP contribution in [-0.4, -0.2) is 34.8 Å². The van der Waals surface area contributed by atoms with Gasteiger partial charge >= 0.3 is 11.9 Å². The third kappa shape index (κ3) is 3.90. The van der Waals surface area contributed by atoms with Crippen molar-refractivity contribution in [3.63, 3.8) is 0 Å². The highest BCUT2D eigenvalue weighted by molar-refractivity contribution is 6.15. The molecule has 0 bridgehead atoms. The van der Waals surface area contributed by atoms with E-state index in [4.69, 9.17) is 9.47 Å². The first-order valence-electron chi connectivity index (χ1n) is 10.4. The summed E-state index contributed by atoms with van der Waals surface area (Å²) in [5.74, 6) is -0.411. The Balaban J connectivity index is 1.60. The van der Waals surface area contributed by atoms with Crippen LogP contribution in [0.15, 0.2) is 70.6 Å². The zero-order valence-corrected chi connectivity index (χ0v) is 18.2. The second kappa shape index (κ2) is 7.45. The average molecular weight is 418 g/mol. The molecule has 160 valence electrons. The second-order valence-corrected chi connectivity index (χ2v) is 9.11. The summed E-state index contributed by atoms with van der Waals surface area (Å²) in [5, 5.41) is 0. The molecule has 0 unspecified atom stereocenters. The van der Waals surface area contributed by atoms with Gasteiger partial charge in [-0.3, -0.25) is 0 Å². The SMILES string of the molecule is CC(C)(C1=N[C@](C)(Cc2ccccc2)C(=O)O1)C1=N[C@@](C)(Cc2ccccc2)C(=O)O1. The van der Waals surface area contributed by atoms with Gasteiger partial charge in [0.15, 0.2) is 11.1 Å². The Hall–Kier alpha value is -3.28. The molecule has 0 amide bonds. The summed E-state index contributed by atoms with van der Waals surface area (Å²) >= 11 is 0. The molecule has 6 nitrogen and oxygen atoms in total. The van der Waals surface area contributed by atoms with Gasteiger partial charge in [-0.25, -0.2) is 19.6 Å². The Labute approximate surface area is 182 Å². The summed E-state index contributed by atoms with van der Waals surface area (Å²) in [4.78, 5) is 34.7. The molecule has 2 aromatic rings. The van der Waals surface area contributed by atoms with E-state index >= 15 is 0 Å². The van der Waals surface area contributed by atoms with Gasteiger partial charge < -0.3 is 9.47 Å². The maximum atomic E-state index is 12.7. The highest BCUT2D eigenvalue weighted by Gasteiger charge is 2.52. The molecule has 0 spiro atoms. The van der Waals surface area contributed by atoms with Gasteiger partial charge in [-0.15, -0.1) is 0 Å². The van der Waals surface area contributed by atoms with E-state index in [2.05, 4.69) is 9.98 Å². The van der Waals surface area contributed by atoms with E-state index in [9.17, 15) is 9.59 Å². The zero-order valence-electron chi connectivity index (χ0n) is 18.2. The molecular formula is C25H26N2O4. The Bertz CT molecular complexity index is 990. The van der Waals surface area contributed by atoms with E-state index in [0.717, 1.165) is 11.1 Å². The molecule has 0 saturated heterocycles. The van der Waals surface area contributed by atoms with Crippen molar-refractivity contribution in [2.45, 2.75) is 51.6 Å². The van der Waals surface area contributed by atoms with Gasteiger partial charge in [0.05, 0.1) is 0 Å². The zero-order chi connectivity index (χ0) is 22.3. The first-order valence-corrected chi connectivity index (χ1v) is 10.4. The third-order valence-electron chi connectivity index (χ3n) is 5.81. The fourth-order valence-corrected chi connectivity index (χ4v) is 3.82. The molecule has 6 heteroatoms. The van der Waals surface area contributed by atoms with Crippen LogP contribution in [0.25, 0.3) is 0 Å². The largest absolute Gasteiger partial charge is 0.409 e. The Morgan fingerprint density at radius 3 is 1.42 bits per heavy atom. The number of ether oxygens (including phenoxy) is 2. The van der Waals surface area contributed by atoms with Crippen LogP contribution in [0, 0.1) is 5.41 Å². The number of hydrogen-bond donors (Lipinski definition) is 0. The topological polar surface area (TPSA) is 77.3 Å². The molecule has 0 fully saturated rings. The van der Waals surface area contributed by atoms with Crippen molar-refractivity contribution in [1.82, 2.24) is 0 Å². The van der Waals surface area contributed by atoms with Crippen molar-refractivity contribution in [1.29, 1.82) is 0 Å². The summed E-state index contributed by atoms with van der Waals surface area (Å²) in [5.41, 5.74) is -1.06. The van der Waals surface area contributed by atoms with Crippen LogP contribution in [0.1, 0.15) is 38.8 Å². The number of benzene rings is 2. The number of cyclic esters (lactones) is 2. The Morgan fingerprint density at radius 2 is 1.06 bits per heavy atom. The predicted octanol–water partition coefficient (Wildman–Crippen LogP) is 3.93. The van der Waals surface area contributed by atoms with Crippen molar-refractivity contribution < 1.29 is 19.1 Å². The molecule has 2 aliphatic rings. The number of hydrogen-bond acceptors (Lipinski definition) is 6. The van der Waals surface area contributed by atoms with Crippen LogP contribution in [0.2, 0.25) is 0 Å². The molecule has 2 atom stereocenters. The van der Waals surface area contributed by atoms with E-state index in [1.165, 1.54) is 0 Å². The van der Waals surface area contributed by atoms with Crippen LogP contribution in [0.4, 0.5) is 0 Å². The maximum absolute atomic E-state index is 12.7. The van der Waals surface area contributed by atoms with Gasteiger partial charge in [0.1, 0.15) is 5.41 Å². The van der Waals surface area contributed by atoms with E-state index in [1.54, 1.807) is 27.7 Å². The first-order chi connectivity index (χ1) is 14.6. The lowest BCUT2D eigenvalue weighted by Gasteiger charge is -2.21. The van der Waals surface area contributed by atoms with Crippen LogP contribution in [0.5, 0.6) is 0 Å². The fraction of sp³-hybridized carbons (Fsp3) is 0.360. The van der Waals surface area contributed by atoms with Gasteiger partial charge in [0.2, 0.25) is 11.8 Å². The third-order valence-corrected chi connectivity index (χ3v) is 5.81. The van der Waals surface area contributed by atoms with E-state index in [0.29, 0.717) is 12.8 Å². The molecule has 0 aliphatic carbocycles. The molecule has 4 rings (SSSR count). The van der Waals surface area contributed by atoms with Crippen LogP contribution < -0.4 is 0 Å². The number of carbonyl (C=O) groups is 2. The summed E-state index contributed by atoms with van der Waals surface area (Å²) < 4.78 is 11.2. The van der Waals surface area contributed by atoms with Crippen molar-refractivity contribution in [2.75, 3.05) is 0 Å². The highest BCUT2D eigenvalue weighted by atomic mass is 16.6. The first kappa shape index (κ1) is 21.0. The summed E-state index contributed by atoms with van der Waals surface area (Å²) in [6.07, 6.45) is 0.842. The number of carbonyl (C=O) groups excluding carboxylic acids is 2. The van der Waals surface area contributed by atoms with Gasteiger partial charge in [-0.1, -0.05) is 60.7 Å². The number of nitrogens with zero attached hydrogens (tertiary/aromatic N) is 2. The minimum Gasteiger partial charge on any atom is -0.409 e. The van der Waals surface area contributed by atoms with E-state index < -0.39 is 28.4 Å². The van der Waals surface area contributed by atoms with Gasteiger partial charge in [0, 0.05) is 12.8 Å². The smallest absolute Gasteiger partial charge is 0.340 e. The van der Waals surface area contributed by atoms with Gasteiger partial charge in [0.25, 0.3) is 0 Å². The summed E-state index contributed by atoms with van der Waals surface area (Å²) in [6, 6.07) is 19.4. The molecule has 0 saturated carbocycles. The summed E-state index contributed by atoms with van der Waals surface area (Å²) in [6.45, 7) is 7.11. The van der Waals surface area contributed by atoms with Gasteiger partial charge in [-0.05, 0) is 38.8 Å². The molecule has 0 aromatic heterocycles. The summed E-state index contributed by atoms with van der Waals surface area (Å²) in [7, 11) is 0. The molecule has 0 N–H and O–H groups in total. The number of rotatable bonds is 6. The maximum Gasteiger partial charge on any atom is 0.340 e. The molecule has 0 radical (unpaired) electrons. The van der Waals surface area contributed by atoms with Crippen LogP contribution in [-0.2, 0) is 31.9 Å². The lowest BCUT2D eigenvalue weighted by molar-refractivity contribution is -0.138. The quantitative estimate of drug-likeness (QED) is 0.666. The lowest BCUT2D eigenvalue weighted by Crippen LogP contribution is -2.35. The average Bonchev–Trinajstić information content (AvgIpc) is 3.20. The molecule has 31 heavy (non-hydrogen) atoms. The van der Waals surface area contributed by atoms with E-state index in [-0.39, 0.29) is 11.8 Å². The molecular weight excluding hydrogens is 392 g/mol. The predicted molar refractivity (Wildman–Crippen MR) is 118 cm³/mol. The number of aliphatic imine (C=N–C) groups is 2. The van der Waals surface area contributed by atoms with Crippen molar-refractivity contribution in [3.8, 4) is 0 Å². The van der Waals surface area contributed by atoms with Crippen molar-refractivity contribution in [2.24, 2.45) is 15.4 Å². The fourth-order valence-electron chi connectivity index (χ4n) is 3.82. The van der Waals surface area contributed by atoms with Gasteiger partial charge in [-0.2, -0.15) is 0 Å².